The molecule has 0 bridgehead atoms. The van der Waals surface area contributed by atoms with E-state index in [1.807, 2.05) is 84.8 Å². The van der Waals surface area contributed by atoms with Crippen LogP contribution < -0.4 is 4.90 Å². The Balaban J connectivity index is 1.95. The summed E-state index contributed by atoms with van der Waals surface area (Å²) in [6.07, 6.45) is 6.62. The van der Waals surface area contributed by atoms with Crippen molar-refractivity contribution < 1.29 is 4.79 Å². The van der Waals surface area contributed by atoms with Gasteiger partial charge in [-0.05, 0) is 54.0 Å². The van der Waals surface area contributed by atoms with E-state index in [9.17, 15) is 10.1 Å². The molecule has 1 atom stereocenters. The van der Waals surface area contributed by atoms with Gasteiger partial charge in [0.15, 0.2) is 0 Å². The summed E-state index contributed by atoms with van der Waals surface area (Å²) in [5.41, 5.74) is 5.77. The van der Waals surface area contributed by atoms with Crippen LogP contribution in [0.1, 0.15) is 22.4 Å². The average molecular weight is 377 g/mol. The van der Waals surface area contributed by atoms with Crippen molar-refractivity contribution in [3.05, 3.63) is 108 Å². The number of carbonyl (C=O) groups is 1. The first-order valence-electron chi connectivity index (χ1n) is 9.36. The molecule has 140 valence electrons. The van der Waals surface area contributed by atoms with Crippen LogP contribution >= 0.6 is 0 Å². The van der Waals surface area contributed by atoms with E-state index in [4.69, 9.17) is 0 Å². The number of anilines is 1. The van der Waals surface area contributed by atoms with Crippen LogP contribution in [0.15, 0.2) is 85.2 Å². The summed E-state index contributed by atoms with van der Waals surface area (Å²) in [5, 5.41) is 9.61. The van der Waals surface area contributed by atoms with Crippen molar-refractivity contribution in [1.29, 1.82) is 5.26 Å². The first-order valence-corrected chi connectivity index (χ1v) is 9.36. The number of allylic oxidation sites excluding steroid dienone is 2. The minimum absolute atomic E-state index is 0.539. The van der Waals surface area contributed by atoms with Gasteiger partial charge in [0.25, 0.3) is 0 Å². The van der Waals surface area contributed by atoms with Gasteiger partial charge in [0.05, 0.1) is 17.3 Å². The fourth-order valence-electron chi connectivity index (χ4n) is 3.63. The lowest BCUT2D eigenvalue weighted by Gasteiger charge is -2.33. The van der Waals surface area contributed by atoms with Crippen LogP contribution in [0, 0.1) is 18.3 Å². The SMILES string of the molecule is Cc1cccnc1C1=CN(c2ccccc2)C(C=O)C(c2ccccc2C#N)=C1. The Hall–Kier alpha value is -3.97. The molecule has 1 aliphatic rings. The third kappa shape index (κ3) is 3.46. The van der Waals surface area contributed by atoms with E-state index in [1.165, 1.54) is 0 Å². The lowest BCUT2D eigenvalue weighted by Crippen LogP contribution is -2.36. The van der Waals surface area contributed by atoms with Gasteiger partial charge < -0.3 is 9.69 Å². The van der Waals surface area contributed by atoms with Crippen molar-refractivity contribution in [3.63, 3.8) is 0 Å². The Kier molecular flexibility index (Phi) is 5.05. The summed E-state index contributed by atoms with van der Waals surface area (Å²) in [6, 6.07) is 22.8. The maximum absolute atomic E-state index is 12.2. The molecule has 0 N–H and O–H groups in total. The minimum Gasteiger partial charge on any atom is -0.333 e. The summed E-state index contributed by atoms with van der Waals surface area (Å²) in [4.78, 5) is 18.7. The number of pyridine rings is 1. The molecule has 1 aliphatic heterocycles. The van der Waals surface area contributed by atoms with Gasteiger partial charge in [-0.2, -0.15) is 5.26 Å². The molecule has 3 aromatic rings. The van der Waals surface area contributed by atoms with E-state index >= 15 is 0 Å². The van der Waals surface area contributed by atoms with E-state index in [-0.39, 0.29) is 0 Å². The van der Waals surface area contributed by atoms with Gasteiger partial charge in [-0.15, -0.1) is 0 Å². The Bertz CT molecular complexity index is 1160. The highest BCUT2D eigenvalue weighted by atomic mass is 16.1. The number of aldehydes is 1. The van der Waals surface area contributed by atoms with Gasteiger partial charge in [-0.3, -0.25) is 4.98 Å². The van der Waals surface area contributed by atoms with Gasteiger partial charge in [0.2, 0.25) is 0 Å². The zero-order chi connectivity index (χ0) is 20.2. The molecule has 0 radical (unpaired) electrons. The fourth-order valence-corrected chi connectivity index (χ4v) is 3.63. The summed E-state index contributed by atoms with van der Waals surface area (Å²) in [6.45, 7) is 2.01. The minimum atomic E-state index is -0.542. The summed E-state index contributed by atoms with van der Waals surface area (Å²) in [7, 11) is 0. The Labute approximate surface area is 170 Å². The molecule has 29 heavy (non-hydrogen) atoms. The van der Waals surface area contributed by atoms with Gasteiger partial charge in [0, 0.05) is 23.7 Å². The number of benzene rings is 2. The van der Waals surface area contributed by atoms with E-state index < -0.39 is 6.04 Å². The monoisotopic (exact) mass is 377 g/mol. The maximum atomic E-state index is 12.2. The molecule has 2 heterocycles. The van der Waals surface area contributed by atoms with Crippen molar-refractivity contribution in [1.82, 2.24) is 4.98 Å². The number of aryl methyl sites for hydroxylation is 1. The number of nitrogens with zero attached hydrogens (tertiary/aromatic N) is 3. The lowest BCUT2D eigenvalue weighted by molar-refractivity contribution is -0.107. The van der Waals surface area contributed by atoms with Crippen molar-refractivity contribution in [2.45, 2.75) is 13.0 Å². The second-order valence-electron chi connectivity index (χ2n) is 6.83. The number of carbonyl (C=O) groups excluding carboxylic acids is 1. The Morgan fingerprint density at radius 2 is 1.79 bits per heavy atom. The number of hydrogen-bond acceptors (Lipinski definition) is 4. The summed E-state index contributed by atoms with van der Waals surface area (Å²) >= 11 is 0. The highest BCUT2D eigenvalue weighted by Crippen LogP contribution is 2.36. The molecule has 0 fully saturated rings. The standard InChI is InChI=1S/C25H19N3O/c1-18-8-7-13-27-25(18)20-14-23(22-12-6-5-9-19(22)15-26)24(17-29)28(16-20)21-10-3-2-4-11-21/h2-14,16-17,24H,1H3. The molecular formula is C25H19N3O. The topological polar surface area (TPSA) is 57.0 Å². The zero-order valence-corrected chi connectivity index (χ0v) is 16.0. The number of nitriles is 1. The predicted molar refractivity (Wildman–Crippen MR) is 115 cm³/mol. The average Bonchev–Trinajstić information content (AvgIpc) is 2.79. The number of aromatic nitrogens is 1. The molecule has 0 amide bonds. The van der Waals surface area contributed by atoms with Crippen LogP contribution in [0.3, 0.4) is 0 Å². The summed E-state index contributed by atoms with van der Waals surface area (Å²) in [5.74, 6) is 0. The van der Waals surface area contributed by atoms with Gasteiger partial charge in [0.1, 0.15) is 12.3 Å². The van der Waals surface area contributed by atoms with E-state index in [1.54, 1.807) is 12.3 Å². The van der Waals surface area contributed by atoms with Gasteiger partial charge in [-0.1, -0.05) is 42.5 Å². The fraction of sp³-hybridized carbons (Fsp3) is 0.0800. The Morgan fingerprint density at radius 1 is 1.03 bits per heavy atom. The normalized spacial score (nSPS) is 15.9. The van der Waals surface area contributed by atoms with Gasteiger partial charge in [-0.25, -0.2) is 0 Å². The molecule has 4 heteroatoms. The predicted octanol–water partition coefficient (Wildman–Crippen LogP) is 4.77. The van der Waals surface area contributed by atoms with Crippen LogP contribution in [0.5, 0.6) is 0 Å². The van der Waals surface area contributed by atoms with E-state index in [2.05, 4.69) is 11.1 Å². The quantitative estimate of drug-likeness (QED) is 0.614. The smallest absolute Gasteiger partial charge is 0.147 e. The molecule has 0 spiro atoms. The van der Waals surface area contributed by atoms with Crippen LogP contribution in [-0.2, 0) is 4.79 Å². The molecule has 4 nitrogen and oxygen atoms in total. The van der Waals surface area contributed by atoms with Crippen molar-refractivity contribution in [2.24, 2.45) is 0 Å². The van der Waals surface area contributed by atoms with E-state index in [0.29, 0.717) is 5.56 Å². The second kappa shape index (κ2) is 7.95. The number of para-hydroxylation sites is 1. The van der Waals surface area contributed by atoms with Crippen molar-refractivity contribution in [3.8, 4) is 6.07 Å². The molecule has 1 unspecified atom stereocenters. The first-order chi connectivity index (χ1) is 14.2. The second-order valence-corrected chi connectivity index (χ2v) is 6.83. The molecule has 0 saturated carbocycles. The highest BCUT2D eigenvalue weighted by molar-refractivity contribution is 5.99. The van der Waals surface area contributed by atoms with Crippen LogP contribution in [0.2, 0.25) is 0 Å². The van der Waals surface area contributed by atoms with Gasteiger partial charge >= 0.3 is 0 Å². The summed E-state index contributed by atoms with van der Waals surface area (Å²) < 4.78 is 0. The first kappa shape index (κ1) is 18.4. The van der Waals surface area contributed by atoms with Crippen LogP contribution in [0.25, 0.3) is 11.1 Å². The van der Waals surface area contributed by atoms with Crippen LogP contribution in [0.4, 0.5) is 5.69 Å². The molecule has 0 aliphatic carbocycles. The van der Waals surface area contributed by atoms with Crippen LogP contribution in [-0.4, -0.2) is 17.3 Å². The zero-order valence-electron chi connectivity index (χ0n) is 16.0. The van der Waals surface area contributed by atoms with E-state index in [0.717, 1.165) is 39.9 Å². The maximum Gasteiger partial charge on any atom is 0.147 e. The van der Waals surface area contributed by atoms with Crippen molar-refractivity contribution >= 4 is 23.1 Å². The molecule has 1 aromatic heterocycles. The number of rotatable bonds is 4. The number of hydrogen-bond donors (Lipinski definition) is 0. The Morgan fingerprint density at radius 3 is 2.52 bits per heavy atom. The largest absolute Gasteiger partial charge is 0.333 e. The molecule has 2 aromatic carbocycles. The third-order valence-electron chi connectivity index (χ3n) is 5.03. The molecular weight excluding hydrogens is 358 g/mol. The highest BCUT2D eigenvalue weighted by Gasteiger charge is 2.28. The third-order valence-corrected chi connectivity index (χ3v) is 5.03. The molecule has 4 rings (SSSR count). The molecule has 0 saturated heterocycles. The lowest BCUT2D eigenvalue weighted by atomic mass is 9.89. The van der Waals surface area contributed by atoms with Crippen molar-refractivity contribution in [2.75, 3.05) is 4.90 Å².